The first-order valence-electron chi connectivity index (χ1n) is 32.2. The number of fused-ring (bicyclic) bond motifs is 6. The molecule has 82 heavy (non-hydrogen) atoms. The van der Waals surface area contributed by atoms with Crippen LogP contribution >= 0.6 is 0 Å². The van der Waals surface area contributed by atoms with Gasteiger partial charge < -0.3 is 4.90 Å². The van der Waals surface area contributed by atoms with Crippen LogP contribution in [0.15, 0.2) is 194 Å². The molecular formula is C81H89N. The van der Waals surface area contributed by atoms with Gasteiger partial charge in [-0.25, -0.2) is 0 Å². The van der Waals surface area contributed by atoms with Gasteiger partial charge in [0.25, 0.3) is 0 Å². The van der Waals surface area contributed by atoms with E-state index in [4.69, 9.17) is 0 Å². The zero-order chi connectivity index (χ0) is 56.3. The first-order chi connectivity index (χ1) is 40.4. The SMILES string of the molecule is CCCCCCCCCCCCc1cc(C)cc(-c2ccc(N(c3ccc(C)cc3)c3ccc4c(c3)C(CCCCCC)(CCCCCC)c3cc(-c5c6ccccc6c(-c6ccc7ccccc7c6)c6ccccc56)ccc3-4)cc2)c1. The Balaban J connectivity index is 0.975. The molecule has 0 bridgehead atoms. The van der Waals surface area contributed by atoms with Crippen LogP contribution in [0.3, 0.4) is 0 Å². The highest BCUT2D eigenvalue weighted by Gasteiger charge is 2.43. The zero-order valence-corrected chi connectivity index (χ0v) is 50.3. The molecule has 1 aliphatic rings. The summed E-state index contributed by atoms with van der Waals surface area (Å²) in [4.78, 5) is 2.53. The number of benzene rings is 10. The molecule has 0 unspecified atom stereocenters. The van der Waals surface area contributed by atoms with E-state index < -0.39 is 0 Å². The largest absolute Gasteiger partial charge is 0.310 e. The smallest absolute Gasteiger partial charge is 0.0465 e. The highest BCUT2D eigenvalue weighted by Crippen LogP contribution is 2.57. The van der Waals surface area contributed by atoms with Crippen LogP contribution in [-0.4, -0.2) is 0 Å². The second kappa shape index (κ2) is 26.8. The van der Waals surface area contributed by atoms with Gasteiger partial charge in [-0.2, -0.15) is 0 Å². The molecular weight excluding hydrogens is 987 g/mol. The average molecular weight is 1080 g/mol. The van der Waals surface area contributed by atoms with Crippen molar-refractivity contribution in [3.05, 3.63) is 222 Å². The first-order valence-corrected chi connectivity index (χ1v) is 32.2. The normalized spacial score (nSPS) is 12.6. The van der Waals surface area contributed by atoms with Gasteiger partial charge in [0.15, 0.2) is 0 Å². The van der Waals surface area contributed by atoms with Crippen molar-refractivity contribution in [3.63, 3.8) is 0 Å². The number of aryl methyl sites for hydroxylation is 3. The van der Waals surface area contributed by atoms with Crippen molar-refractivity contribution in [2.75, 3.05) is 4.90 Å². The van der Waals surface area contributed by atoms with E-state index in [1.165, 1.54) is 237 Å². The quantitative estimate of drug-likeness (QED) is 0.0366. The molecule has 0 heterocycles. The maximum absolute atomic E-state index is 2.67. The molecule has 0 atom stereocenters. The van der Waals surface area contributed by atoms with E-state index in [2.05, 4.69) is 234 Å². The van der Waals surface area contributed by atoms with Gasteiger partial charge in [-0.1, -0.05) is 287 Å². The summed E-state index contributed by atoms with van der Waals surface area (Å²) in [6.45, 7) is 11.5. The van der Waals surface area contributed by atoms with Crippen LogP contribution in [-0.2, 0) is 11.8 Å². The minimum absolute atomic E-state index is 0.131. The molecule has 0 radical (unpaired) electrons. The summed E-state index contributed by atoms with van der Waals surface area (Å²) in [6.07, 6.45) is 27.1. The highest BCUT2D eigenvalue weighted by molar-refractivity contribution is 6.22. The fourth-order valence-corrected chi connectivity index (χ4v) is 14.2. The Morgan fingerprint density at radius 1 is 0.317 bits per heavy atom. The minimum atomic E-state index is -0.131. The molecule has 1 nitrogen and oxygen atoms in total. The monoisotopic (exact) mass is 1080 g/mol. The lowest BCUT2D eigenvalue weighted by molar-refractivity contribution is 0.401. The molecule has 1 aliphatic carbocycles. The van der Waals surface area contributed by atoms with Crippen LogP contribution in [0.5, 0.6) is 0 Å². The van der Waals surface area contributed by atoms with Crippen LogP contribution in [0.1, 0.15) is 177 Å². The fourth-order valence-electron chi connectivity index (χ4n) is 14.2. The predicted molar refractivity (Wildman–Crippen MR) is 359 cm³/mol. The summed E-state index contributed by atoms with van der Waals surface area (Å²) < 4.78 is 0. The Morgan fingerprint density at radius 3 is 1.35 bits per heavy atom. The number of hydrogen-bond acceptors (Lipinski definition) is 1. The van der Waals surface area contributed by atoms with E-state index in [1.807, 2.05) is 0 Å². The zero-order valence-electron chi connectivity index (χ0n) is 50.3. The Kier molecular flexibility index (Phi) is 18.5. The van der Waals surface area contributed by atoms with Crippen LogP contribution in [0.25, 0.3) is 76.8 Å². The summed E-state index contributed by atoms with van der Waals surface area (Å²) in [5.74, 6) is 0. The molecule has 0 aliphatic heterocycles. The lowest BCUT2D eigenvalue weighted by atomic mass is 9.70. The minimum Gasteiger partial charge on any atom is -0.310 e. The van der Waals surface area contributed by atoms with Gasteiger partial charge in [-0.05, 0) is 182 Å². The predicted octanol–water partition coefficient (Wildman–Crippen LogP) is 24.9. The Labute approximate surface area is 492 Å². The first kappa shape index (κ1) is 56.6. The molecule has 10 aromatic rings. The van der Waals surface area contributed by atoms with Gasteiger partial charge in [-0.3, -0.25) is 0 Å². The lowest BCUT2D eigenvalue weighted by Crippen LogP contribution is -2.26. The third-order valence-electron chi connectivity index (χ3n) is 18.5. The van der Waals surface area contributed by atoms with E-state index in [-0.39, 0.29) is 5.41 Å². The van der Waals surface area contributed by atoms with E-state index in [1.54, 1.807) is 0 Å². The molecule has 0 fully saturated rings. The number of rotatable bonds is 27. The van der Waals surface area contributed by atoms with E-state index in [9.17, 15) is 0 Å². The van der Waals surface area contributed by atoms with Gasteiger partial charge in [0.2, 0.25) is 0 Å². The second-order valence-electron chi connectivity index (χ2n) is 24.5. The highest BCUT2D eigenvalue weighted by atomic mass is 15.1. The standard InChI is InChI=1S/C81H89N/c1-6-9-12-15-16-17-18-19-20-21-30-61-53-60(5)54-67(55-61)63-41-46-69(47-42-63)82(68-44-37-59(4)38-45-68)70-48-50-72-71-49-43-66(57-77(71)81(78(72)58-70,51-28-13-10-7-2)52-29-14-11-8-3)80-75-35-26-24-33-73(75)79(74-34-25-27-36-76(74)80)65-40-39-62-31-22-23-32-64(62)56-65/h22-27,31-50,53-58H,6-21,28-30,51-52H2,1-5H3. The third kappa shape index (κ3) is 12.3. The fraction of sp³-hybridized carbons (Fsp3) is 0.333. The van der Waals surface area contributed by atoms with Crippen molar-refractivity contribution in [2.24, 2.45) is 0 Å². The summed E-state index contributed by atoms with van der Waals surface area (Å²) >= 11 is 0. The summed E-state index contributed by atoms with van der Waals surface area (Å²) in [5.41, 5.74) is 21.2. The molecule has 11 rings (SSSR count). The van der Waals surface area contributed by atoms with E-state index in [0.717, 1.165) is 19.3 Å². The van der Waals surface area contributed by atoms with Crippen molar-refractivity contribution in [3.8, 4) is 44.5 Å². The van der Waals surface area contributed by atoms with Gasteiger partial charge in [0.1, 0.15) is 0 Å². The van der Waals surface area contributed by atoms with Crippen molar-refractivity contribution in [1.82, 2.24) is 0 Å². The third-order valence-corrected chi connectivity index (χ3v) is 18.5. The van der Waals surface area contributed by atoms with Gasteiger partial charge in [-0.15, -0.1) is 0 Å². The van der Waals surface area contributed by atoms with Gasteiger partial charge >= 0.3 is 0 Å². The second-order valence-corrected chi connectivity index (χ2v) is 24.5. The number of anilines is 3. The summed E-state index contributed by atoms with van der Waals surface area (Å²) in [7, 11) is 0. The van der Waals surface area contributed by atoms with Crippen molar-refractivity contribution < 1.29 is 0 Å². The van der Waals surface area contributed by atoms with E-state index in [0.29, 0.717) is 0 Å². The molecule has 0 saturated carbocycles. The van der Waals surface area contributed by atoms with Crippen LogP contribution in [0, 0.1) is 13.8 Å². The molecule has 0 spiro atoms. The molecule has 1 heteroatoms. The topological polar surface area (TPSA) is 3.24 Å². The Bertz CT molecular complexity index is 3670. The number of unbranched alkanes of at least 4 members (excludes halogenated alkanes) is 15. The number of hydrogen-bond donors (Lipinski definition) is 0. The molecule has 0 amide bonds. The van der Waals surface area contributed by atoms with Crippen molar-refractivity contribution in [2.45, 2.75) is 175 Å². The molecule has 10 aromatic carbocycles. The number of nitrogens with zero attached hydrogens (tertiary/aromatic N) is 1. The van der Waals surface area contributed by atoms with Gasteiger partial charge in [0.05, 0.1) is 0 Å². The lowest BCUT2D eigenvalue weighted by Gasteiger charge is -2.34. The maximum Gasteiger partial charge on any atom is 0.0465 e. The Hall–Kier alpha value is -7.22. The van der Waals surface area contributed by atoms with Crippen molar-refractivity contribution >= 4 is 49.4 Å². The molecule has 0 aromatic heterocycles. The van der Waals surface area contributed by atoms with Crippen LogP contribution < -0.4 is 4.90 Å². The van der Waals surface area contributed by atoms with Crippen molar-refractivity contribution in [1.29, 1.82) is 0 Å². The van der Waals surface area contributed by atoms with Gasteiger partial charge in [0, 0.05) is 22.5 Å². The van der Waals surface area contributed by atoms with Crippen LogP contribution in [0.2, 0.25) is 0 Å². The summed E-state index contributed by atoms with van der Waals surface area (Å²) in [5, 5.41) is 7.77. The molecule has 0 N–H and O–H groups in total. The van der Waals surface area contributed by atoms with Crippen LogP contribution in [0.4, 0.5) is 17.1 Å². The molecule has 418 valence electrons. The maximum atomic E-state index is 2.67. The summed E-state index contributed by atoms with van der Waals surface area (Å²) in [6, 6.07) is 75.3. The van der Waals surface area contributed by atoms with E-state index >= 15 is 0 Å². The average Bonchev–Trinajstić information content (AvgIpc) is 2.62. The Morgan fingerprint density at radius 2 is 0.768 bits per heavy atom. The molecule has 0 saturated heterocycles.